The highest BCUT2D eigenvalue weighted by Crippen LogP contribution is 2.32. The quantitative estimate of drug-likeness (QED) is 0.531. The molecular weight excluding hydrogens is 464 g/mol. The Morgan fingerprint density at radius 2 is 1.73 bits per heavy atom. The summed E-state index contributed by atoms with van der Waals surface area (Å²) in [5.74, 6) is 0.678. The van der Waals surface area contributed by atoms with E-state index in [-0.39, 0.29) is 16.5 Å². The summed E-state index contributed by atoms with van der Waals surface area (Å²) in [5, 5.41) is 2.81. The first-order chi connectivity index (χ1) is 15.9. The van der Waals surface area contributed by atoms with Crippen molar-refractivity contribution in [3.63, 3.8) is 0 Å². The number of sulfonamides is 1. The minimum atomic E-state index is -3.96. The Labute approximate surface area is 197 Å². The number of nitrogens with one attached hydrogen (secondary N) is 1. The van der Waals surface area contributed by atoms with Crippen molar-refractivity contribution < 1.29 is 22.7 Å². The van der Waals surface area contributed by atoms with Gasteiger partial charge in [0.05, 0.1) is 23.9 Å². The zero-order chi connectivity index (χ0) is 23.4. The van der Waals surface area contributed by atoms with Gasteiger partial charge < -0.3 is 14.8 Å². The van der Waals surface area contributed by atoms with Crippen LogP contribution in [0.5, 0.6) is 11.5 Å². The number of ether oxygens (including phenoxy) is 2. The molecule has 172 valence electrons. The Hall–Kier alpha value is -3.23. The van der Waals surface area contributed by atoms with E-state index in [2.05, 4.69) is 5.32 Å². The van der Waals surface area contributed by atoms with E-state index < -0.39 is 15.9 Å². The highest BCUT2D eigenvalue weighted by atomic mass is 35.5. The maximum Gasteiger partial charge on any atom is 0.265 e. The molecule has 0 bridgehead atoms. The Kier molecular flexibility index (Phi) is 6.76. The van der Waals surface area contributed by atoms with Gasteiger partial charge in [0.15, 0.2) is 11.5 Å². The lowest BCUT2D eigenvalue weighted by Crippen LogP contribution is -2.31. The van der Waals surface area contributed by atoms with Crippen molar-refractivity contribution in [2.24, 2.45) is 0 Å². The van der Waals surface area contributed by atoms with Crippen molar-refractivity contribution in [1.82, 2.24) is 0 Å². The van der Waals surface area contributed by atoms with E-state index in [9.17, 15) is 13.2 Å². The zero-order valence-corrected chi connectivity index (χ0v) is 19.5. The zero-order valence-electron chi connectivity index (χ0n) is 18.0. The van der Waals surface area contributed by atoms with Gasteiger partial charge in [0.1, 0.15) is 4.90 Å². The van der Waals surface area contributed by atoms with Crippen LogP contribution < -0.4 is 19.1 Å². The first kappa shape index (κ1) is 22.9. The number of benzene rings is 3. The highest BCUT2D eigenvalue weighted by Gasteiger charge is 2.27. The van der Waals surface area contributed by atoms with E-state index in [0.717, 1.165) is 6.42 Å². The molecule has 1 N–H and O–H groups in total. The van der Waals surface area contributed by atoms with Crippen LogP contribution in [0.15, 0.2) is 71.6 Å². The second kappa shape index (κ2) is 9.72. The van der Waals surface area contributed by atoms with E-state index >= 15 is 0 Å². The largest absolute Gasteiger partial charge is 0.490 e. The Morgan fingerprint density at radius 1 is 1.00 bits per heavy atom. The van der Waals surface area contributed by atoms with Crippen molar-refractivity contribution in [3.05, 3.63) is 77.3 Å². The molecule has 4 rings (SSSR count). The molecule has 0 saturated carbocycles. The van der Waals surface area contributed by atoms with Crippen LogP contribution in [0.25, 0.3) is 0 Å². The van der Waals surface area contributed by atoms with Gasteiger partial charge in [0.25, 0.3) is 15.9 Å². The maximum absolute atomic E-state index is 13.4. The smallest absolute Gasteiger partial charge is 0.265 e. The molecule has 0 saturated heterocycles. The normalized spacial score (nSPS) is 13.2. The van der Waals surface area contributed by atoms with Crippen molar-refractivity contribution in [2.75, 3.05) is 29.4 Å². The van der Waals surface area contributed by atoms with Crippen LogP contribution in [0.1, 0.15) is 23.7 Å². The molecule has 3 aromatic carbocycles. The topological polar surface area (TPSA) is 84.9 Å². The molecule has 0 unspecified atom stereocenters. The molecule has 0 aliphatic carbocycles. The summed E-state index contributed by atoms with van der Waals surface area (Å²) in [6.07, 6.45) is 0.760. The number of carbonyl (C=O) groups excluding carboxylic acids is 1. The molecule has 1 aliphatic rings. The molecule has 1 aliphatic heterocycles. The lowest BCUT2D eigenvalue weighted by Gasteiger charge is -2.23. The van der Waals surface area contributed by atoms with Crippen LogP contribution in [0.4, 0.5) is 11.4 Å². The Morgan fingerprint density at radius 3 is 2.45 bits per heavy atom. The summed E-state index contributed by atoms with van der Waals surface area (Å²) in [6.45, 7) is 3.02. The third-order valence-corrected chi connectivity index (χ3v) is 7.48. The molecular formula is C24H23ClN2O5S. The van der Waals surface area contributed by atoms with Gasteiger partial charge in [0, 0.05) is 24.2 Å². The van der Waals surface area contributed by atoms with Crippen LogP contribution in [0.3, 0.4) is 0 Å². The lowest BCUT2D eigenvalue weighted by molar-refractivity contribution is 0.102. The molecule has 7 nitrogen and oxygen atoms in total. The Bertz CT molecular complexity index is 1270. The second-order valence-electron chi connectivity index (χ2n) is 7.32. The van der Waals surface area contributed by atoms with Crippen LogP contribution in [0.2, 0.25) is 5.02 Å². The fourth-order valence-electron chi connectivity index (χ4n) is 3.49. The van der Waals surface area contributed by atoms with Crippen molar-refractivity contribution in [2.45, 2.75) is 18.2 Å². The molecule has 9 heteroatoms. The standard InChI is InChI=1S/C24H23ClN2O5S/c1-2-27(19-7-4-3-5-8-19)33(29,30)23-16-18(10-11-20(23)25)26-24(28)17-9-12-21-22(15-17)32-14-6-13-31-21/h3-5,7-12,15-16H,2,6,13-14H2,1H3,(H,26,28). The molecule has 0 spiro atoms. The third kappa shape index (κ3) is 4.91. The predicted octanol–water partition coefficient (Wildman–Crippen LogP) is 4.97. The summed E-state index contributed by atoms with van der Waals surface area (Å²) in [6, 6.07) is 18.1. The third-order valence-electron chi connectivity index (χ3n) is 5.10. The predicted molar refractivity (Wildman–Crippen MR) is 128 cm³/mol. The number of hydrogen-bond donors (Lipinski definition) is 1. The molecule has 1 amide bonds. The highest BCUT2D eigenvalue weighted by molar-refractivity contribution is 7.93. The fourth-order valence-corrected chi connectivity index (χ4v) is 5.47. The number of carbonyl (C=O) groups is 1. The van der Waals surface area contributed by atoms with Gasteiger partial charge in [-0.15, -0.1) is 0 Å². The van der Waals surface area contributed by atoms with Gasteiger partial charge in [-0.3, -0.25) is 9.10 Å². The monoisotopic (exact) mass is 486 g/mol. The first-order valence-electron chi connectivity index (χ1n) is 10.5. The molecule has 0 radical (unpaired) electrons. The minimum absolute atomic E-state index is 0.0676. The average Bonchev–Trinajstić information content (AvgIpc) is 3.06. The molecule has 0 atom stereocenters. The van der Waals surface area contributed by atoms with Crippen molar-refractivity contribution in [1.29, 1.82) is 0 Å². The van der Waals surface area contributed by atoms with Gasteiger partial charge in [-0.25, -0.2) is 8.42 Å². The van der Waals surface area contributed by atoms with E-state index in [4.69, 9.17) is 21.1 Å². The molecule has 3 aromatic rings. The SMILES string of the molecule is CCN(c1ccccc1)S(=O)(=O)c1cc(NC(=O)c2ccc3c(c2)OCCCO3)ccc1Cl. The Balaban J connectivity index is 1.61. The first-order valence-corrected chi connectivity index (χ1v) is 12.3. The number of nitrogens with zero attached hydrogens (tertiary/aromatic N) is 1. The van der Waals surface area contributed by atoms with E-state index in [1.165, 1.54) is 16.4 Å². The summed E-state index contributed by atoms with van der Waals surface area (Å²) in [7, 11) is -3.96. The number of anilines is 2. The molecule has 0 aromatic heterocycles. The minimum Gasteiger partial charge on any atom is -0.490 e. The maximum atomic E-state index is 13.4. The average molecular weight is 487 g/mol. The number of hydrogen-bond acceptors (Lipinski definition) is 5. The number of fused-ring (bicyclic) bond motifs is 1. The van der Waals surface area contributed by atoms with Gasteiger partial charge in [-0.1, -0.05) is 29.8 Å². The van der Waals surface area contributed by atoms with Crippen LogP contribution >= 0.6 is 11.6 Å². The van der Waals surface area contributed by atoms with E-state index in [1.807, 2.05) is 6.07 Å². The van der Waals surface area contributed by atoms with Gasteiger partial charge in [0.2, 0.25) is 0 Å². The van der Waals surface area contributed by atoms with Crippen LogP contribution in [-0.4, -0.2) is 34.1 Å². The van der Waals surface area contributed by atoms with Crippen LogP contribution in [0, 0.1) is 0 Å². The van der Waals surface area contributed by atoms with Gasteiger partial charge in [-0.05, 0) is 55.5 Å². The fraction of sp³-hybridized carbons (Fsp3) is 0.208. The molecule has 0 fully saturated rings. The summed E-state index contributed by atoms with van der Waals surface area (Å²) >= 11 is 6.27. The summed E-state index contributed by atoms with van der Waals surface area (Å²) < 4.78 is 39.3. The van der Waals surface area contributed by atoms with Crippen molar-refractivity contribution in [3.8, 4) is 11.5 Å². The van der Waals surface area contributed by atoms with Gasteiger partial charge in [-0.2, -0.15) is 0 Å². The summed E-state index contributed by atoms with van der Waals surface area (Å²) in [5.41, 5.74) is 1.19. The van der Waals surface area contributed by atoms with Gasteiger partial charge >= 0.3 is 0 Å². The number of halogens is 1. The second-order valence-corrected chi connectivity index (χ2v) is 9.55. The number of rotatable bonds is 6. The molecule has 1 heterocycles. The number of para-hydroxylation sites is 1. The summed E-state index contributed by atoms with van der Waals surface area (Å²) in [4.78, 5) is 12.8. The lowest BCUT2D eigenvalue weighted by atomic mass is 10.2. The van der Waals surface area contributed by atoms with Crippen molar-refractivity contribution >= 4 is 38.9 Å². The van der Waals surface area contributed by atoms with Crippen LogP contribution in [-0.2, 0) is 10.0 Å². The molecule has 33 heavy (non-hydrogen) atoms. The van der Waals surface area contributed by atoms with E-state index in [0.29, 0.717) is 41.7 Å². The number of amides is 1. The van der Waals surface area contributed by atoms with E-state index in [1.54, 1.807) is 55.5 Å².